The van der Waals surface area contributed by atoms with Crippen molar-refractivity contribution in [3.05, 3.63) is 23.8 Å². The molecule has 0 saturated carbocycles. The third-order valence-electron chi connectivity index (χ3n) is 2.95. The summed E-state index contributed by atoms with van der Waals surface area (Å²) in [5.41, 5.74) is 1.20. The van der Waals surface area contributed by atoms with E-state index in [1.807, 2.05) is 18.2 Å². The molecule has 3 nitrogen and oxygen atoms in total. The van der Waals surface area contributed by atoms with Crippen molar-refractivity contribution in [1.29, 1.82) is 0 Å². The molecule has 3 heteroatoms. The SMILES string of the molecule is CCCCCCNCc1cc(OC)cc(OC)c1. The van der Waals surface area contributed by atoms with Gasteiger partial charge in [-0.15, -0.1) is 0 Å². The van der Waals surface area contributed by atoms with Crippen molar-refractivity contribution in [2.75, 3.05) is 20.8 Å². The van der Waals surface area contributed by atoms with Crippen molar-refractivity contribution in [3.8, 4) is 11.5 Å². The van der Waals surface area contributed by atoms with Gasteiger partial charge in [0.05, 0.1) is 14.2 Å². The van der Waals surface area contributed by atoms with Crippen LogP contribution >= 0.6 is 0 Å². The third-order valence-corrected chi connectivity index (χ3v) is 2.95. The minimum Gasteiger partial charge on any atom is -0.497 e. The quantitative estimate of drug-likeness (QED) is 0.683. The molecule has 0 radical (unpaired) electrons. The van der Waals surface area contributed by atoms with E-state index in [1.165, 1.54) is 31.2 Å². The molecule has 0 amide bonds. The van der Waals surface area contributed by atoms with Crippen LogP contribution in [0.1, 0.15) is 38.2 Å². The molecule has 0 heterocycles. The molecule has 18 heavy (non-hydrogen) atoms. The van der Waals surface area contributed by atoms with E-state index in [0.717, 1.165) is 24.6 Å². The molecule has 1 aromatic carbocycles. The third kappa shape index (κ3) is 5.41. The highest BCUT2D eigenvalue weighted by molar-refractivity contribution is 5.38. The molecule has 0 spiro atoms. The second-order valence-electron chi connectivity index (χ2n) is 4.46. The first-order valence-electron chi connectivity index (χ1n) is 6.72. The number of benzene rings is 1. The Morgan fingerprint density at radius 3 is 2.17 bits per heavy atom. The van der Waals surface area contributed by atoms with Gasteiger partial charge in [-0.25, -0.2) is 0 Å². The van der Waals surface area contributed by atoms with Gasteiger partial charge in [-0.3, -0.25) is 0 Å². The van der Waals surface area contributed by atoms with Crippen LogP contribution in [-0.2, 0) is 6.54 Å². The Kier molecular flexibility index (Phi) is 7.26. The van der Waals surface area contributed by atoms with E-state index in [2.05, 4.69) is 12.2 Å². The molecule has 0 aliphatic rings. The number of unbranched alkanes of at least 4 members (excludes halogenated alkanes) is 3. The maximum atomic E-state index is 5.25. The summed E-state index contributed by atoms with van der Waals surface area (Å²) in [6.07, 6.45) is 5.17. The van der Waals surface area contributed by atoms with Crippen LogP contribution in [-0.4, -0.2) is 20.8 Å². The first-order chi connectivity index (χ1) is 8.80. The van der Waals surface area contributed by atoms with Gasteiger partial charge in [0, 0.05) is 12.6 Å². The lowest BCUT2D eigenvalue weighted by Gasteiger charge is -2.09. The molecule has 0 fully saturated rings. The first kappa shape index (κ1) is 14.8. The smallest absolute Gasteiger partial charge is 0.122 e. The summed E-state index contributed by atoms with van der Waals surface area (Å²) in [4.78, 5) is 0. The van der Waals surface area contributed by atoms with Crippen molar-refractivity contribution in [2.24, 2.45) is 0 Å². The van der Waals surface area contributed by atoms with Gasteiger partial charge < -0.3 is 14.8 Å². The van der Waals surface area contributed by atoms with E-state index in [-0.39, 0.29) is 0 Å². The van der Waals surface area contributed by atoms with Crippen LogP contribution in [0.5, 0.6) is 11.5 Å². The molecule has 0 aliphatic carbocycles. The minimum atomic E-state index is 0.845. The second-order valence-corrected chi connectivity index (χ2v) is 4.46. The summed E-state index contributed by atoms with van der Waals surface area (Å²) in [5, 5.41) is 3.45. The van der Waals surface area contributed by atoms with E-state index < -0.39 is 0 Å². The molecule has 1 rings (SSSR count). The maximum Gasteiger partial charge on any atom is 0.122 e. The molecule has 0 atom stereocenters. The summed E-state index contributed by atoms with van der Waals surface area (Å²) < 4.78 is 10.5. The van der Waals surface area contributed by atoms with Crippen LogP contribution in [0, 0.1) is 0 Å². The van der Waals surface area contributed by atoms with E-state index in [9.17, 15) is 0 Å². The van der Waals surface area contributed by atoms with Crippen molar-refractivity contribution in [3.63, 3.8) is 0 Å². The standard InChI is InChI=1S/C15H25NO2/c1-4-5-6-7-8-16-12-13-9-14(17-2)11-15(10-13)18-3/h9-11,16H,4-8,12H2,1-3H3. The molecular formula is C15H25NO2. The molecule has 102 valence electrons. The lowest BCUT2D eigenvalue weighted by Crippen LogP contribution is -2.14. The number of ether oxygens (including phenoxy) is 2. The minimum absolute atomic E-state index is 0.845. The highest BCUT2D eigenvalue weighted by Gasteiger charge is 2.01. The Bertz CT molecular complexity index is 317. The van der Waals surface area contributed by atoms with Gasteiger partial charge >= 0.3 is 0 Å². The van der Waals surface area contributed by atoms with Crippen molar-refractivity contribution in [1.82, 2.24) is 5.32 Å². The monoisotopic (exact) mass is 251 g/mol. The summed E-state index contributed by atoms with van der Waals surface area (Å²) >= 11 is 0. The lowest BCUT2D eigenvalue weighted by molar-refractivity contribution is 0.393. The van der Waals surface area contributed by atoms with Gasteiger partial charge in [-0.2, -0.15) is 0 Å². The number of hydrogen-bond acceptors (Lipinski definition) is 3. The summed E-state index contributed by atoms with van der Waals surface area (Å²) in [6, 6.07) is 5.98. The summed E-state index contributed by atoms with van der Waals surface area (Å²) in [6.45, 7) is 4.16. The molecule has 0 unspecified atom stereocenters. The predicted molar refractivity (Wildman–Crippen MR) is 75.4 cm³/mol. The first-order valence-corrected chi connectivity index (χ1v) is 6.72. The van der Waals surface area contributed by atoms with E-state index in [1.54, 1.807) is 14.2 Å². The van der Waals surface area contributed by atoms with Gasteiger partial charge in [0.1, 0.15) is 11.5 Å². The lowest BCUT2D eigenvalue weighted by atomic mass is 10.2. The summed E-state index contributed by atoms with van der Waals surface area (Å²) in [7, 11) is 3.35. The van der Waals surface area contributed by atoms with Crippen LogP contribution in [0.15, 0.2) is 18.2 Å². The normalized spacial score (nSPS) is 10.4. The fourth-order valence-electron chi connectivity index (χ4n) is 1.88. The van der Waals surface area contributed by atoms with E-state index >= 15 is 0 Å². The highest BCUT2D eigenvalue weighted by Crippen LogP contribution is 2.22. The fraction of sp³-hybridized carbons (Fsp3) is 0.600. The van der Waals surface area contributed by atoms with Crippen LogP contribution in [0.3, 0.4) is 0 Å². The topological polar surface area (TPSA) is 30.5 Å². The Morgan fingerprint density at radius 1 is 0.944 bits per heavy atom. The van der Waals surface area contributed by atoms with Crippen LogP contribution in [0.25, 0.3) is 0 Å². The Morgan fingerprint density at radius 2 is 1.61 bits per heavy atom. The largest absolute Gasteiger partial charge is 0.497 e. The fourth-order valence-corrected chi connectivity index (χ4v) is 1.88. The number of methoxy groups -OCH3 is 2. The molecular weight excluding hydrogens is 226 g/mol. The van der Waals surface area contributed by atoms with Crippen molar-refractivity contribution < 1.29 is 9.47 Å². The zero-order valence-corrected chi connectivity index (χ0v) is 11.8. The molecule has 0 aromatic heterocycles. The van der Waals surface area contributed by atoms with Gasteiger partial charge in [0.25, 0.3) is 0 Å². The Labute approximate surface area is 110 Å². The molecule has 0 saturated heterocycles. The van der Waals surface area contributed by atoms with Gasteiger partial charge in [0.15, 0.2) is 0 Å². The average molecular weight is 251 g/mol. The Balaban J connectivity index is 2.36. The average Bonchev–Trinajstić information content (AvgIpc) is 2.42. The molecule has 1 aromatic rings. The Hall–Kier alpha value is -1.22. The second kappa shape index (κ2) is 8.81. The highest BCUT2D eigenvalue weighted by atomic mass is 16.5. The van der Waals surface area contributed by atoms with Gasteiger partial charge in [-0.05, 0) is 30.7 Å². The van der Waals surface area contributed by atoms with E-state index in [0.29, 0.717) is 0 Å². The van der Waals surface area contributed by atoms with E-state index in [4.69, 9.17) is 9.47 Å². The van der Waals surface area contributed by atoms with Crippen LogP contribution in [0.4, 0.5) is 0 Å². The van der Waals surface area contributed by atoms with Gasteiger partial charge in [-0.1, -0.05) is 26.2 Å². The predicted octanol–water partition coefficient (Wildman–Crippen LogP) is 3.37. The maximum absolute atomic E-state index is 5.25. The number of nitrogens with one attached hydrogen (secondary N) is 1. The number of hydrogen-bond donors (Lipinski definition) is 1. The molecule has 0 bridgehead atoms. The zero-order valence-electron chi connectivity index (χ0n) is 11.8. The zero-order chi connectivity index (χ0) is 13.2. The number of rotatable bonds is 9. The van der Waals surface area contributed by atoms with Gasteiger partial charge in [0.2, 0.25) is 0 Å². The summed E-state index contributed by atoms with van der Waals surface area (Å²) in [5.74, 6) is 1.69. The van der Waals surface area contributed by atoms with Crippen LogP contribution in [0.2, 0.25) is 0 Å². The van der Waals surface area contributed by atoms with Crippen molar-refractivity contribution >= 4 is 0 Å². The molecule has 0 aliphatic heterocycles. The molecule has 1 N–H and O–H groups in total. The van der Waals surface area contributed by atoms with Crippen molar-refractivity contribution in [2.45, 2.75) is 39.2 Å². The van der Waals surface area contributed by atoms with Crippen LogP contribution < -0.4 is 14.8 Å².